The number of hydrogen-bond acceptors (Lipinski definition) is 6. The first kappa shape index (κ1) is 21.3. The maximum Gasteiger partial charge on any atom is 0.277 e. The first-order valence-corrected chi connectivity index (χ1v) is 10.6. The van der Waals surface area contributed by atoms with Crippen LogP contribution in [-0.2, 0) is 4.79 Å². The number of carbonyl (C=O) groups is 1. The highest BCUT2D eigenvalue weighted by atomic mass is 79.9. The highest BCUT2D eigenvalue weighted by Crippen LogP contribution is 2.24. The number of benzene rings is 2. The van der Waals surface area contributed by atoms with Crippen molar-refractivity contribution < 1.29 is 18.3 Å². The molecule has 0 fully saturated rings. The number of hydrogen-bond donors (Lipinski definition) is 1. The van der Waals surface area contributed by atoms with Gasteiger partial charge in [0.15, 0.2) is 6.10 Å². The number of carbonyl (C=O) groups excluding carboxylic acids is 1. The van der Waals surface area contributed by atoms with Crippen LogP contribution in [0.15, 0.2) is 62.6 Å². The van der Waals surface area contributed by atoms with E-state index < -0.39 is 6.10 Å². The van der Waals surface area contributed by atoms with Gasteiger partial charge in [0.05, 0.1) is 11.8 Å². The number of aromatic nitrogens is 2. The van der Waals surface area contributed by atoms with Gasteiger partial charge in [0.25, 0.3) is 11.1 Å². The largest absolute Gasteiger partial charge is 0.481 e. The van der Waals surface area contributed by atoms with E-state index in [0.29, 0.717) is 5.75 Å². The molecule has 1 heterocycles. The minimum absolute atomic E-state index is 0.112. The van der Waals surface area contributed by atoms with Gasteiger partial charge in [-0.1, -0.05) is 39.8 Å². The maximum atomic E-state index is 13.0. The fraction of sp³-hybridized carbons (Fsp3) is 0.250. The number of ether oxygens (including phenoxy) is 1. The zero-order valence-electron chi connectivity index (χ0n) is 15.8. The summed E-state index contributed by atoms with van der Waals surface area (Å²) in [5.41, 5.74) is 1.01. The van der Waals surface area contributed by atoms with Crippen molar-refractivity contribution in [3.8, 4) is 5.75 Å². The summed E-state index contributed by atoms with van der Waals surface area (Å²) in [6, 6.07) is 13.3. The highest BCUT2D eigenvalue weighted by molar-refractivity contribution is 9.10. The predicted molar refractivity (Wildman–Crippen MR) is 111 cm³/mol. The molecule has 0 radical (unpaired) electrons. The molecule has 0 unspecified atom stereocenters. The van der Waals surface area contributed by atoms with Crippen LogP contribution in [0.4, 0.5) is 4.39 Å². The topological polar surface area (TPSA) is 77.2 Å². The molecule has 1 N–H and O–H groups in total. The molecule has 0 spiro atoms. The van der Waals surface area contributed by atoms with Crippen molar-refractivity contribution in [3.63, 3.8) is 0 Å². The van der Waals surface area contributed by atoms with Gasteiger partial charge in [-0.3, -0.25) is 4.79 Å². The van der Waals surface area contributed by atoms with Crippen LogP contribution in [0.5, 0.6) is 5.75 Å². The van der Waals surface area contributed by atoms with E-state index in [4.69, 9.17) is 9.15 Å². The zero-order valence-corrected chi connectivity index (χ0v) is 18.2. The standard InChI is InChI=1S/C20H19BrFN3O3S/c1-12(14-3-5-15(21)6-4-14)23-18(26)11-29-20-25-24-19(28-20)13(2)27-17-9-7-16(22)8-10-17/h3-10,12-13H,11H2,1-2H3,(H,23,26)/t12-,13-/m0/s1. The van der Waals surface area contributed by atoms with E-state index in [2.05, 4.69) is 31.4 Å². The molecule has 0 saturated heterocycles. The summed E-state index contributed by atoms with van der Waals surface area (Å²) in [6.07, 6.45) is -0.506. The number of nitrogens with one attached hydrogen (secondary N) is 1. The summed E-state index contributed by atoms with van der Waals surface area (Å²) in [4.78, 5) is 12.2. The van der Waals surface area contributed by atoms with E-state index in [0.717, 1.165) is 21.8 Å². The lowest BCUT2D eigenvalue weighted by Crippen LogP contribution is -2.28. The first-order valence-electron chi connectivity index (χ1n) is 8.84. The fourth-order valence-corrected chi connectivity index (χ4v) is 3.30. The Labute approximate surface area is 180 Å². The maximum absolute atomic E-state index is 13.0. The molecule has 0 aliphatic rings. The van der Waals surface area contributed by atoms with Gasteiger partial charge in [0.2, 0.25) is 5.91 Å². The lowest BCUT2D eigenvalue weighted by molar-refractivity contribution is -0.119. The van der Waals surface area contributed by atoms with Gasteiger partial charge < -0.3 is 14.5 Å². The number of halogens is 2. The predicted octanol–water partition coefficient (Wildman–Crippen LogP) is 5.08. The molecular formula is C20H19BrFN3O3S. The van der Waals surface area contributed by atoms with Gasteiger partial charge in [0.1, 0.15) is 11.6 Å². The third-order valence-corrected chi connectivity index (χ3v) is 5.32. The molecular weight excluding hydrogens is 461 g/mol. The Kier molecular flexibility index (Phi) is 7.27. The van der Waals surface area contributed by atoms with Crippen LogP contribution in [0.25, 0.3) is 0 Å². The molecule has 2 atom stereocenters. The van der Waals surface area contributed by atoms with Crippen LogP contribution in [0.2, 0.25) is 0 Å². The Morgan fingerprint density at radius 1 is 1.17 bits per heavy atom. The lowest BCUT2D eigenvalue weighted by atomic mass is 10.1. The quantitative estimate of drug-likeness (QED) is 0.453. The van der Waals surface area contributed by atoms with E-state index in [1.54, 1.807) is 6.92 Å². The summed E-state index contributed by atoms with van der Waals surface area (Å²) in [7, 11) is 0. The Hall–Kier alpha value is -2.39. The van der Waals surface area contributed by atoms with Gasteiger partial charge in [0, 0.05) is 4.47 Å². The molecule has 1 aromatic heterocycles. The minimum atomic E-state index is -0.506. The molecule has 2 aromatic carbocycles. The van der Waals surface area contributed by atoms with Crippen LogP contribution < -0.4 is 10.1 Å². The van der Waals surface area contributed by atoms with Crippen molar-refractivity contribution in [2.24, 2.45) is 0 Å². The van der Waals surface area contributed by atoms with Crippen LogP contribution in [0, 0.1) is 5.82 Å². The van der Waals surface area contributed by atoms with Gasteiger partial charge in [-0.25, -0.2) is 4.39 Å². The van der Waals surface area contributed by atoms with Gasteiger partial charge in [-0.15, -0.1) is 10.2 Å². The van der Waals surface area contributed by atoms with Crippen molar-refractivity contribution in [3.05, 3.63) is 70.3 Å². The number of rotatable bonds is 8. The molecule has 0 aliphatic heterocycles. The van der Waals surface area contributed by atoms with E-state index in [1.165, 1.54) is 24.3 Å². The first-order chi connectivity index (χ1) is 13.9. The van der Waals surface area contributed by atoms with Gasteiger partial charge in [-0.05, 0) is 55.8 Å². The van der Waals surface area contributed by atoms with E-state index in [9.17, 15) is 9.18 Å². The molecule has 1 amide bonds. The number of nitrogens with zero attached hydrogens (tertiary/aromatic N) is 2. The minimum Gasteiger partial charge on any atom is -0.481 e. The summed E-state index contributed by atoms with van der Waals surface area (Å²) < 4.78 is 25.1. The van der Waals surface area contributed by atoms with E-state index in [1.807, 2.05) is 31.2 Å². The molecule has 0 bridgehead atoms. The second-order valence-electron chi connectivity index (χ2n) is 6.25. The Morgan fingerprint density at radius 3 is 2.55 bits per heavy atom. The van der Waals surface area contributed by atoms with Crippen LogP contribution in [-0.4, -0.2) is 21.9 Å². The monoisotopic (exact) mass is 479 g/mol. The number of amides is 1. The van der Waals surface area contributed by atoms with Gasteiger partial charge >= 0.3 is 0 Å². The zero-order chi connectivity index (χ0) is 20.8. The van der Waals surface area contributed by atoms with Crippen molar-refractivity contribution >= 4 is 33.6 Å². The molecule has 3 aromatic rings. The molecule has 0 saturated carbocycles. The smallest absolute Gasteiger partial charge is 0.277 e. The highest BCUT2D eigenvalue weighted by Gasteiger charge is 2.17. The van der Waals surface area contributed by atoms with Crippen molar-refractivity contribution in [1.82, 2.24) is 15.5 Å². The van der Waals surface area contributed by atoms with Gasteiger partial charge in [-0.2, -0.15) is 0 Å². The Morgan fingerprint density at radius 2 is 1.86 bits per heavy atom. The molecule has 6 nitrogen and oxygen atoms in total. The SMILES string of the molecule is C[C@H](NC(=O)CSc1nnc([C@H](C)Oc2ccc(F)cc2)o1)c1ccc(Br)cc1. The summed E-state index contributed by atoms with van der Waals surface area (Å²) in [6.45, 7) is 3.67. The summed E-state index contributed by atoms with van der Waals surface area (Å²) in [5, 5.41) is 11.1. The third-order valence-electron chi connectivity index (χ3n) is 3.97. The van der Waals surface area contributed by atoms with Crippen molar-refractivity contribution in [2.45, 2.75) is 31.2 Å². The van der Waals surface area contributed by atoms with Crippen molar-refractivity contribution in [1.29, 1.82) is 0 Å². The average Bonchev–Trinajstić information content (AvgIpc) is 3.18. The molecule has 29 heavy (non-hydrogen) atoms. The molecule has 152 valence electrons. The Bertz CT molecular complexity index is 950. The lowest BCUT2D eigenvalue weighted by Gasteiger charge is -2.14. The summed E-state index contributed by atoms with van der Waals surface area (Å²) in [5.74, 6) is 0.443. The Balaban J connectivity index is 1.48. The normalized spacial score (nSPS) is 13.0. The third kappa shape index (κ3) is 6.30. The van der Waals surface area contributed by atoms with Crippen molar-refractivity contribution in [2.75, 3.05) is 5.75 Å². The fourth-order valence-electron chi connectivity index (χ4n) is 2.46. The van der Waals surface area contributed by atoms with E-state index in [-0.39, 0.29) is 34.6 Å². The van der Waals surface area contributed by atoms with E-state index >= 15 is 0 Å². The number of thioether (sulfide) groups is 1. The van der Waals surface area contributed by atoms with Crippen LogP contribution in [0.1, 0.15) is 37.4 Å². The second kappa shape index (κ2) is 9.89. The van der Waals surface area contributed by atoms with Crippen LogP contribution >= 0.6 is 27.7 Å². The second-order valence-corrected chi connectivity index (χ2v) is 8.09. The molecule has 0 aliphatic carbocycles. The summed E-state index contributed by atoms with van der Waals surface area (Å²) >= 11 is 4.54. The molecule has 9 heteroatoms. The molecule has 3 rings (SSSR count). The average molecular weight is 480 g/mol. The van der Waals surface area contributed by atoms with Crippen LogP contribution in [0.3, 0.4) is 0 Å².